The van der Waals surface area contributed by atoms with Crippen LogP contribution < -0.4 is 0 Å². The molecular formula is C21H19F3. The Morgan fingerprint density at radius 2 is 1.58 bits per heavy atom. The van der Waals surface area contributed by atoms with Crippen molar-refractivity contribution in [3.8, 4) is 0 Å². The minimum atomic E-state index is -2.64. The molecule has 0 unspecified atom stereocenters. The zero-order valence-electron chi connectivity index (χ0n) is 13.4. The first kappa shape index (κ1) is 16.6. The molecule has 0 N–H and O–H groups in total. The highest BCUT2D eigenvalue weighted by Crippen LogP contribution is 2.36. The van der Waals surface area contributed by atoms with Gasteiger partial charge in [-0.15, -0.1) is 0 Å². The number of hydrogen-bond donors (Lipinski definition) is 0. The number of alkyl halides is 2. The predicted molar refractivity (Wildman–Crippen MR) is 92.5 cm³/mol. The summed E-state index contributed by atoms with van der Waals surface area (Å²) in [5, 5.41) is 0. The summed E-state index contributed by atoms with van der Waals surface area (Å²) in [5.74, 6) is -2.92. The number of allylic oxidation sites excluding steroid dienone is 2. The molecule has 2 aromatic rings. The molecular weight excluding hydrogens is 309 g/mol. The highest BCUT2D eigenvalue weighted by atomic mass is 19.3. The molecule has 1 aliphatic rings. The van der Waals surface area contributed by atoms with E-state index < -0.39 is 5.92 Å². The van der Waals surface area contributed by atoms with E-state index in [2.05, 4.69) is 13.2 Å². The van der Waals surface area contributed by atoms with E-state index in [9.17, 15) is 13.2 Å². The van der Waals surface area contributed by atoms with Gasteiger partial charge in [0.25, 0.3) is 5.92 Å². The smallest absolute Gasteiger partial charge is 0.206 e. The second-order valence-electron chi connectivity index (χ2n) is 6.38. The van der Waals surface area contributed by atoms with E-state index in [1.54, 1.807) is 24.3 Å². The van der Waals surface area contributed by atoms with Gasteiger partial charge in [-0.25, -0.2) is 13.2 Å². The topological polar surface area (TPSA) is 0 Å². The molecule has 0 fully saturated rings. The quantitative estimate of drug-likeness (QED) is 0.625. The Labute approximate surface area is 140 Å². The van der Waals surface area contributed by atoms with Crippen LogP contribution in [-0.2, 0) is 12.8 Å². The zero-order chi connectivity index (χ0) is 17.3. The average molecular weight is 328 g/mol. The number of benzene rings is 2. The molecule has 0 radical (unpaired) electrons. The van der Waals surface area contributed by atoms with E-state index in [0.29, 0.717) is 35.1 Å². The van der Waals surface area contributed by atoms with Crippen molar-refractivity contribution >= 4 is 11.1 Å². The van der Waals surface area contributed by atoms with Crippen molar-refractivity contribution in [3.05, 3.63) is 83.7 Å². The van der Waals surface area contributed by atoms with Gasteiger partial charge in [0.2, 0.25) is 0 Å². The number of halogens is 3. The molecule has 0 heterocycles. The van der Waals surface area contributed by atoms with Gasteiger partial charge in [0.05, 0.1) is 0 Å². The molecule has 124 valence electrons. The molecule has 0 aliphatic heterocycles. The third-order valence-electron chi connectivity index (χ3n) is 4.50. The Morgan fingerprint density at radius 1 is 0.917 bits per heavy atom. The van der Waals surface area contributed by atoms with E-state index in [0.717, 1.165) is 11.1 Å². The van der Waals surface area contributed by atoms with Crippen LogP contribution in [0.1, 0.15) is 35.1 Å². The summed E-state index contributed by atoms with van der Waals surface area (Å²) in [7, 11) is 0. The Morgan fingerprint density at radius 3 is 2.33 bits per heavy atom. The third-order valence-corrected chi connectivity index (χ3v) is 4.50. The molecule has 2 aromatic carbocycles. The molecule has 3 rings (SSSR count). The Balaban J connectivity index is 1.66. The molecule has 0 spiro atoms. The van der Waals surface area contributed by atoms with Crippen molar-refractivity contribution in [1.29, 1.82) is 0 Å². The molecule has 0 bridgehead atoms. The molecule has 3 heteroatoms. The van der Waals surface area contributed by atoms with Crippen molar-refractivity contribution in [2.75, 3.05) is 0 Å². The minimum absolute atomic E-state index is 0.181. The largest absolute Gasteiger partial charge is 0.256 e. The Kier molecular flexibility index (Phi) is 4.35. The van der Waals surface area contributed by atoms with Crippen LogP contribution in [0.25, 0.3) is 11.1 Å². The van der Waals surface area contributed by atoms with Crippen LogP contribution in [0.3, 0.4) is 0 Å². The highest BCUT2D eigenvalue weighted by molar-refractivity contribution is 5.69. The lowest BCUT2D eigenvalue weighted by Crippen LogP contribution is -2.14. The van der Waals surface area contributed by atoms with Crippen LogP contribution in [0.15, 0.2) is 55.6 Å². The van der Waals surface area contributed by atoms with Gasteiger partial charge in [0.15, 0.2) is 0 Å². The van der Waals surface area contributed by atoms with Crippen LogP contribution >= 0.6 is 0 Å². The van der Waals surface area contributed by atoms with Gasteiger partial charge in [-0.2, -0.15) is 0 Å². The first-order valence-corrected chi connectivity index (χ1v) is 7.96. The summed E-state index contributed by atoms with van der Waals surface area (Å²) in [6.45, 7) is 8.00. The monoisotopic (exact) mass is 328 g/mol. The SMILES string of the molecule is C=C(CCC(=C)c1ccccc1F)c1ccc2c(c1)CC(F)(F)C2. The normalized spacial score (nSPS) is 15.1. The van der Waals surface area contributed by atoms with Crippen molar-refractivity contribution in [2.45, 2.75) is 31.6 Å². The fourth-order valence-corrected chi connectivity index (χ4v) is 3.13. The molecule has 0 atom stereocenters. The summed E-state index contributed by atoms with van der Waals surface area (Å²) in [6.07, 6.45) is 0.805. The summed E-state index contributed by atoms with van der Waals surface area (Å²) in [5.41, 5.74) is 4.36. The van der Waals surface area contributed by atoms with Crippen molar-refractivity contribution in [1.82, 2.24) is 0 Å². The summed E-state index contributed by atoms with van der Waals surface area (Å²) < 4.78 is 40.7. The van der Waals surface area contributed by atoms with Gasteiger partial charge >= 0.3 is 0 Å². The van der Waals surface area contributed by atoms with E-state index in [1.165, 1.54) is 6.07 Å². The molecule has 0 aromatic heterocycles. The lowest BCUT2D eigenvalue weighted by molar-refractivity contribution is 0.0130. The number of hydrogen-bond acceptors (Lipinski definition) is 0. The van der Waals surface area contributed by atoms with Gasteiger partial charge in [0, 0.05) is 18.4 Å². The molecule has 0 nitrogen and oxygen atoms in total. The van der Waals surface area contributed by atoms with Crippen LogP contribution in [0.2, 0.25) is 0 Å². The Bertz CT molecular complexity index is 802. The predicted octanol–water partition coefficient (Wildman–Crippen LogP) is 6.07. The first-order valence-electron chi connectivity index (χ1n) is 7.96. The van der Waals surface area contributed by atoms with Gasteiger partial charge in [-0.05, 0) is 46.7 Å². The lowest BCUT2D eigenvalue weighted by atomic mass is 9.95. The lowest BCUT2D eigenvalue weighted by Gasteiger charge is -2.11. The zero-order valence-corrected chi connectivity index (χ0v) is 13.4. The molecule has 24 heavy (non-hydrogen) atoms. The number of rotatable bonds is 5. The average Bonchev–Trinajstić information content (AvgIpc) is 2.85. The third kappa shape index (κ3) is 3.45. The van der Waals surface area contributed by atoms with Crippen LogP contribution in [0.4, 0.5) is 13.2 Å². The van der Waals surface area contributed by atoms with Crippen LogP contribution in [0, 0.1) is 5.82 Å². The van der Waals surface area contributed by atoms with Crippen molar-refractivity contribution in [2.24, 2.45) is 0 Å². The van der Waals surface area contributed by atoms with Gasteiger partial charge in [0.1, 0.15) is 5.82 Å². The molecule has 0 saturated carbocycles. The summed E-state index contributed by atoms with van der Waals surface area (Å²) >= 11 is 0. The van der Waals surface area contributed by atoms with E-state index in [4.69, 9.17) is 0 Å². The maximum absolute atomic E-state index is 13.8. The van der Waals surface area contributed by atoms with E-state index in [-0.39, 0.29) is 18.7 Å². The van der Waals surface area contributed by atoms with Gasteiger partial charge < -0.3 is 0 Å². The fourth-order valence-electron chi connectivity index (χ4n) is 3.13. The van der Waals surface area contributed by atoms with Gasteiger partial charge in [-0.3, -0.25) is 0 Å². The highest BCUT2D eigenvalue weighted by Gasteiger charge is 2.37. The van der Waals surface area contributed by atoms with Crippen LogP contribution in [-0.4, -0.2) is 5.92 Å². The van der Waals surface area contributed by atoms with Crippen molar-refractivity contribution in [3.63, 3.8) is 0 Å². The Hall–Kier alpha value is -2.29. The van der Waals surface area contributed by atoms with Crippen molar-refractivity contribution < 1.29 is 13.2 Å². The second-order valence-corrected chi connectivity index (χ2v) is 6.38. The first-order chi connectivity index (χ1) is 11.4. The maximum atomic E-state index is 13.8. The molecule has 0 amide bonds. The number of fused-ring (bicyclic) bond motifs is 1. The second kappa shape index (κ2) is 6.31. The van der Waals surface area contributed by atoms with Crippen LogP contribution in [0.5, 0.6) is 0 Å². The summed E-state index contributed by atoms with van der Waals surface area (Å²) in [6, 6.07) is 12.0. The fraction of sp³-hybridized carbons (Fsp3) is 0.238. The minimum Gasteiger partial charge on any atom is -0.206 e. The summed E-state index contributed by atoms with van der Waals surface area (Å²) in [4.78, 5) is 0. The standard InChI is InChI=1S/C21H19F3/c1-14(7-8-15(2)19-5-3-4-6-20(19)22)16-9-10-17-12-21(23,24)13-18(17)11-16/h3-6,9-11H,1-2,7-8,12-13H2. The van der Waals surface area contributed by atoms with Gasteiger partial charge in [-0.1, -0.05) is 49.6 Å². The molecule has 1 aliphatic carbocycles. The van der Waals surface area contributed by atoms with E-state index in [1.807, 2.05) is 12.1 Å². The maximum Gasteiger partial charge on any atom is 0.256 e. The van der Waals surface area contributed by atoms with E-state index >= 15 is 0 Å². The molecule has 0 saturated heterocycles.